The molecule has 1 rings (SSSR count). The molecule has 0 saturated heterocycles. The topological polar surface area (TPSA) is 76.1 Å². The average Bonchev–Trinajstić information content (AvgIpc) is 2.51. The van der Waals surface area contributed by atoms with Crippen LogP contribution < -0.4 is 4.74 Å². The Labute approximate surface area is 130 Å². The van der Waals surface area contributed by atoms with E-state index in [-0.39, 0.29) is 44.6 Å². The largest absolute Gasteiger partial charge is 0.484 e. The van der Waals surface area contributed by atoms with Crippen LogP contribution >= 0.6 is 0 Å². The van der Waals surface area contributed by atoms with Crippen LogP contribution in [0.2, 0.25) is 0 Å². The van der Waals surface area contributed by atoms with Crippen molar-refractivity contribution in [3.05, 3.63) is 29.8 Å². The Kier molecular flexibility index (Phi) is 7.99. The Balaban J connectivity index is 2.46. The number of carbonyl (C=O) groups excluding carboxylic acids is 2. The van der Waals surface area contributed by atoms with E-state index in [0.717, 1.165) is 5.56 Å². The molecule has 1 N–H and O–H groups in total. The van der Waals surface area contributed by atoms with E-state index in [1.165, 1.54) is 4.90 Å². The molecule has 1 aromatic rings. The Bertz CT molecular complexity index is 472. The molecule has 0 spiro atoms. The van der Waals surface area contributed by atoms with Crippen molar-refractivity contribution >= 4 is 11.9 Å². The van der Waals surface area contributed by atoms with E-state index in [9.17, 15) is 9.59 Å². The van der Waals surface area contributed by atoms with Gasteiger partial charge in [-0.2, -0.15) is 0 Å². The second-order valence-corrected chi connectivity index (χ2v) is 4.76. The molecule has 0 heterocycles. The predicted molar refractivity (Wildman–Crippen MR) is 81.6 cm³/mol. The number of aliphatic hydroxyl groups is 1. The molecule has 1 aromatic carbocycles. The van der Waals surface area contributed by atoms with Crippen LogP contribution in [-0.2, 0) is 14.3 Å². The van der Waals surface area contributed by atoms with E-state index in [4.69, 9.17) is 14.6 Å². The number of carbonyl (C=O) groups is 2. The third-order valence-corrected chi connectivity index (χ3v) is 3.00. The van der Waals surface area contributed by atoms with Crippen molar-refractivity contribution in [3.8, 4) is 5.75 Å². The molecule has 0 aliphatic rings. The summed E-state index contributed by atoms with van der Waals surface area (Å²) in [5.41, 5.74) is 1.11. The van der Waals surface area contributed by atoms with Crippen molar-refractivity contribution in [1.29, 1.82) is 0 Å². The maximum Gasteiger partial charge on any atom is 0.307 e. The summed E-state index contributed by atoms with van der Waals surface area (Å²) in [4.78, 5) is 24.8. The van der Waals surface area contributed by atoms with E-state index in [0.29, 0.717) is 12.4 Å². The van der Waals surface area contributed by atoms with Gasteiger partial charge in [0, 0.05) is 13.1 Å². The first-order valence-electron chi connectivity index (χ1n) is 7.30. The standard InChI is InChI=1S/C16H23NO5/c1-3-21-16(20)8-9-17(10-11-18)15(19)12-22-14-6-4-13(2)5-7-14/h4-7,18H,3,8-12H2,1-2H3. The second-order valence-electron chi connectivity index (χ2n) is 4.76. The van der Waals surface area contributed by atoms with Gasteiger partial charge in [-0.3, -0.25) is 9.59 Å². The maximum atomic E-state index is 12.1. The zero-order valence-corrected chi connectivity index (χ0v) is 13.1. The van der Waals surface area contributed by atoms with Gasteiger partial charge in [-0.05, 0) is 26.0 Å². The number of rotatable bonds is 9. The Morgan fingerprint density at radius 3 is 2.45 bits per heavy atom. The van der Waals surface area contributed by atoms with Gasteiger partial charge in [0.2, 0.25) is 0 Å². The number of aliphatic hydroxyl groups excluding tert-OH is 1. The number of amides is 1. The number of aryl methyl sites for hydroxylation is 1. The number of hydrogen-bond donors (Lipinski definition) is 1. The van der Waals surface area contributed by atoms with Crippen molar-refractivity contribution in [2.45, 2.75) is 20.3 Å². The van der Waals surface area contributed by atoms with E-state index in [2.05, 4.69) is 0 Å². The minimum atomic E-state index is -0.363. The second kappa shape index (κ2) is 9.78. The van der Waals surface area contributed by atoms with Gasteiger partial charge in [-0.15, -0.1) is 0 Å². The van der Waals surface area contributed by atoms with Crippen LogP contribution in [0.1, 0.15) is 18.9 Å². The fraction of sp³-hybridized carbons (Fsp3) is 0.500. The van der Waals surface area contributed by atoms with Gasteiger partial charge in [0.1, 0.15) is 5.75 Å². The molecular weight excluding hydrogens is 286 g/mol. The first-order chi connectivity index (χ1) is 10.6. The summed E-state index contributed by atoms with van der Waals surface area (Å²) in [6.07, 6.45) is 0.101. The van der Waals surface area contributed by atoms with Crippen LogP contribution in [0.5, 0.6) is 5.75 Å². The summed E-state index contributed by atoms with van der Waals surface area (Å²) >= 11 is 0. The summed E-state index contributed by atoms with van der Waals surface area (Å²) in [5.74, 6) is -0.0371. The molecule has 0 aliphatic carbocycles. The van der Waals surface area contributed by atoms with E-state index in [1.807, 2.05) is 19.1 Å². The minimum absolute atomic E-state index is 0.101. The molecule has 0 fully saturated rings. The van der Waals surface area contributed by atoms with Crippen molar-refractivity contribution in [2.75, 3.05) is 32.9 Å². The fourth-order valence-corrected chi connectivity index (χ4v) is 1.81. The quantitative estimate of drug-likeness (QED) is 0.693. The van der Waals surface area contributed by atoms with E-state index >= 15 is 0 Å². The van der Waals surface area contributed by atoms with Crippen LogP contribution in [0.4, 0.5) is 0 Å². The molecule has 0 saturated carbocycles. The summed E-state index contributed by atoms with van der Waals surface area (Å²) in [6, 6.07) is 7.37. The van der Waals surface area contributed by atoms with Crippen molar-refractivity contribution in [2.24, 2.45) is 0 Å². The molecule has 0 bridgehead atoms. The van der Waals surface area contributed by atoms with Gasteiger partial charge in [0.15, 0.2) is 6.61 Å². The van der Waals surface area contributed by atoms with Gasteiger partial charge in [-0.1, -0.05) is 17.7 Å². The molecule has 6 heteroatoms. The third-order valence-electron chi connectivity index (χ3n) is 3.00. The van der Waals surface area contributed by atoms with Crippen molar-refractivity contribution in [3.63, 3.8) is 0 Å². The molecule has 0 aromatic heterocycles. The zero-order chi connectivity index (χ0) is 16.4. The lowest BCUT2D eigenvalue weighted by molar-refractivity contribution is -0.144. The first kappa shape index (κ1) is 18.0. The molecule has 0 unspecified atom stereocenters. The number of ether oxygens (including phenoxy) is 2. The van der Waals surface area contributed by atoms with E-state index < -0.39 is 0 Å². The molecule has 0 aliphatic heterocycles. The Hall–Kier alpha value is -2.08. The lowest BCUT2D eigenvalue weighted by Gasteiger charge is -2.21. The number of nitrogens with zero attached hydrogens (tertiary/aromatic N) is 1. The van der Waals surface area contributed by atoms with Crippen LogP contribution in [0.25, 0.3) is 0 Å². The molecule has 122 valence electrons. The normalized spacial score (nSPS) is 10.1. The van der Waals surface area contributed by atoms with Crippen molar-refractivity contribution in [1.82, 2.24) is 4.90 Å². The molecular formula is C16H23NO5. The summed E-state index contributed by atoms with van der Waals surface area (Å²) in [7, 11) is 0. The highest BCUT2D eigenvalue weighted by molar-refractivity contribution is 5.78. The van der Waals surface area contributed by atoms with Crippen molar-refractivity contribution < 1.29 is 24.2 Å². The molecule has 22 heavy (non-hydrogen) atoms. The molecule has 1 amide bonds. The fourth-order valence-electron chi connectivity index (χ4n) is 1.81. The molecule has 6 nitrogen and oxygen atoms in total. The van der Waals surface area contributed by atoms with Gasteiger partial charge >= 0.3 is 5.97 Å². The smallest absolute Gasteiger partial charge is 0.307 e. The van der Waals surface area contributed by atoms with Crippen LogP contribution in [0.3, 0.4) is 0 Å². The SMILES string of the molecule is CCOC(=O)CCN(CCO)C(=O)COc1ccc(C)cc1. The Morgan fingerprint density at radius 1 is 1.18 bits per heavy atom. The Morgan fingerprint density at radius 2 is 1.86 bits per heavy atom. The average molecular weight is 309 g/mol. The number of hydrogen-bond acceptors (Lipinski definition) is 5. The first-order valence-corrected chi connectivity index (χ1v) is 7.30. The highest BCUT2D eigenvalue weighted by Gasteiger charge is 2.15. The van der Waals surface area contributed by atoms with Crippen LogP contribution in [0, 0.1) is 6.92 Å². The predicted octanol–water partition coefficient (Wildman–Crippen LogP) is 1.15. The van der Waals surface area contributed by atoms with Gasteiger partial charge in [0.05, 0.1) is 19.6 Å². The van der Waals surface area contributed by atoms with E-state index in [1.54, 1.807) is 19.1 Å². The lowest BCUT2D eigenvalue weighted by Crippen LogP contribution is -2.38. The van der Waals surface area contributed by atoms with Crippen LogP contribution in [0.15, 0.2) is 24.3 Å². The zero-order valence-electron chi connectivity index (χ0n) is 13.1. The highest BCUT2D eigenvalue weighted by Crippen LogP contribution is 2.11. The lowest BCUT2D eigenvalue weighted by atomic mass is 10.2. The summed E-state index contributed by atoms with van der Waals surface area (Å²) in [5, 5.41) is 9.02. The molecule has 0 atom stereocenters. The monoisotopic (exact) mass is 309 g/mol. The summed E-state index contributed by atoms with van der Waals surface area (Å²) in [6.45, 7) is 4.07. The maximum absolute atomic E-state index is 12.1. The van der Waals surface area contributed by atoms with Gasteiger partial charge in [-0.25, -0.2) is 0 Å². The number of benzene rings is 1. The van der Waals surface area contributed by atoms with Gasteiger partial charge in [0.25, 0.3) is 5.91 Å². The summed E-state index contributed by atoms with van der Waals surface area (Å²) < 4.78 is 10.2. The minimum Gasteiger partial charge on any atom is -0.484 e. The highest BCUT2D eigenvalue weighted by atomic mass is 16.5. The number of esters is 1. The van der Waals surface area contributed by atoms with Gasteiger partial charge < -0.3 is 19.5 Å². The van der Waals surface area contributed by atoms with Crippen LogP contribution in [-0.4, -0.2) is 54.8 Å². The third kappa shape index (κ3) is 6.58. The molecule has 0 radical (unpaired) electrons.